The molecule has 2 saturated heterocycles. The van der Waals surface area contributed by atoms with Crippen LogP contribution in [0.5, 0.6) is 5.75 Å². The minimum Gasteiger partial charge on any atom is -0.497 e. The summed E-state index contributed by atoms with van der Waals surface area (Å²) in [6.45, 7) is 5.01. The first-order valence-corrected chi connectivity index (χ1v) is 10.4. The molecule has 29 heavy (non-hydrogen) atoms. The van der Waals surface area contributed by atoms with Gasteiger partial charge < -0.3 is 19.7 Å². The number of benzene rings is 1. The lowest BCUT2D eigenvalue weighted by atomic mass is 9.85. The topological polar surface area (TPSA) is 49.3 Å². The average Bonchev–Trinajstić information content (AvgIpc) is 3.17. The molecule has 0 saturated carbocycles. The summed E-state index contributed by atoms with van der Waals surface area (Å²) >= 11 is 0. The lowest BCUT2D eigenvalue weighted by Crippen LogP contribution is -2.46. The number of hydrogen-bond acceptors (Lipinski definition) is 4. The smallest absolute Gasteiger partial charge is 0.193 e. The van der Waals surface area contributed by atoms with Gasteiger partial charge in [0, 0.05) is 45.8 Å². The van der Waals surface area contributed by atoms with E-state index in [-0.39, 0.29) is 24.0 Å². The molecule has 3 rings (SSSR count). The number of nitrogens with one attached hydrogen (secondary N) is 1. The molecule has 0 bridgehead atoms. The summed E-state index contributed by atoms with van der Waals surface area (Å²) in [4.78, 5) is 9.41. The minimum absolute atomic E-state index is 0. The Hall–Kier alpha value is -1.06. The lowest BCUT2D eigenvalue weighted by Gasteiger charge is -2.40. The number of guanidine groups is 1. The molecule has 6 nitrogen and oxygen atoms in total. The van der Waals surface area contributed by atoms with Crippen molar-refractivity contribution in [3.8, 4) is 5.75 Å². The van der Waals surface area contributed by atoms with E-state index >= 15 is 0 Å². The zero-order valence-electron chi connectivity index (χ0n) is 18.3. The lowest BCUT2D eigenvalue weighted by molar-refractivity contribution is 0.122. The van der Waals surface area contributed by atoms with Crippen molar-refractivity contribution < 1.29 is 9.47 Å². The number of nitrogens with zero attached hydrogens (tertiary/aromatic N) is 3. The summed E-state index contributed by atoms with van der Waals surface area (Å²) in [7, 11) is 7.63. The molecule has 2 aliphatic heterocycles. The first kappa shape index (κ1) is 24.2. The molecule has 0 amide bonds. The van der Waals surface area contributed by atoms with E-state index in [2.05, 4.69) is 51.4 Å². The van der Waals surface area contributed by atoms with E-state index in [1.54, 1.807) is 14.2 Å². The van der Waals surface area contributed by atoms with Gasteiger partial charge in [0.25, 0.3) is 0 Å². The van der Waals surface area contributed by atoms with Crippen LogP contribution < -0.4 is 10.1 Å². The molecular formula is C22H37IN4O2. The molecule has 1 aromatic carbocycles. The number of likely N-dealkylation sites (tertiary alicyclic amines) is 2. The van der Waals surface area contributed by atoms with Crippen molar-refractivity contribution in [3.63, 3.8) is 0 Å². The van der Waals surface area contributed by atoms with Gasteiger partial charge in [0.2, 0.25) is 0 Å². The number of rotatable bonds is 6. The van der Waals surface area contributed by atoms with Gasteiger partial charge in [-0.05, 0) is 56.5 Å². The predicted molar refractivity (Wildman–Crippen MR) is 129 cm³/mol. The van der Waals surface area contributed by atoms with Crippen LogP contribution in [0.15, 0.2) is 29.3 Å². The molecule has 7 heteroatoms. The maximum Gasteiger partial charge on any atom is 0.193 e. The van der Waals surface area contributed by atoms with Crippen molar-refractivity contribution >= 4 is 29.9 Å². The number of aliphatic imine (C=N–C) groups is 1. The van der Waals surface area contributed by atoms with E-state index < -0.39 is 0 Å². The predicted octanol–water partition coefficient (Wildman–Crippen LogP) is 3.24. The maximum atomic E-state index is 5.33. The van der Waals surface area contributed by atoms with Gasteiger partial charge in [-0.25, -0.2) is 0 Å². The number of hydrogen-bond donors (Lipinski definition) is 1. The van der Waals surface area contributed by atoms with Crippen molar-refractivity contribution in [1.29, 1.82) is 0 Å². The zero-order valence-corrected chi connectivity index (χ0v) is 20.6. The van der Waals surface area contributed by atoms with Crippen molar-refractivity contribution in [1.82, 2.24) is 15.1 Å². The third-order valence-corrected chi connectivity index (χ3v) is 6.19. The molecule has 1 N–H and O–H groups in total. The molecule has 2 fully saturated rings. The first-order valence-electron chi connectivity index (χ1n) is 10.4. The summed E-state index contributed by atoms with van der Waals surface area (Å²) in [5.74, 6) is 3.11. The Morgan fingerprint density at radius 3 is 2.59 bits per heavy atom. The van der Waals surface area contributed by atoms with Crippen LogP contribution in [0, 0.1) is 11.8 Å². The van der Waals surface area contributed by atoms with Gasteiger partial charge in [-0.1, -0.05) is 12.1 Å². The molecule has 1 aromatic rings. The summed E-state index contributed by atoms with van der Waals surface area (Å²) in [5, 5.41) is 3.67. The third kappa shape index (κ3) is 6.21. The van der Waals surface area contributed by atoms with Crippen LogP contribution in [0.3, 0.4) is 0 Å². The highest BCUT2D eigenvalue weighted by Gasteiger charge is 2.31. The van der Waals surface area contributed by atoms with Crippen molar-refractivity contribution in [2.45, 2.75) is 25.3 Å². The zero-order chi connectivity index (χ0) is 19.9. The van der Waals surface area contributed by atoms with Gasteiger partial charge in [-0.3, -0.25) is 9.89 Å². The second-order valence-corrected chi connectivity index (χ2v) is 8.09. The molecule has 0 spiro atoms. The van der Waals surface area contributed by atoms with Gasteiger partial charge >= 0.3 is 0 Å². The maximum absolute atomic E-state index is 5.33. The Morgan fingerprint density at radius 1 is 1.17 bits per heavy atom. The van der Waals surface area contributed by atoms with Crippen molar-refractivity contribution in [2.75, 3.05) is 61.1 Å². The molecule has 0 aromatic heterocycles. The summed E-state index contributed by atoms with van der Waals surface area (Å²) in [6, 6.07) is 8.99. The highest BCUT2D eigenvalue weighted by atomic mass is 127. The van der Waals surface area contributed by atoms with Gasteiger partial charge in [-0.15, -0.1) is 24.0 Å². The van der Waals surface area contributed by atoms with Crippen molar-refractivity contribution in [2.24, 2.45) is 16.8 Å². The Labute approximate surface area is 193 Å². The Balaban J connectivity index is 0.00000300. The van der Waals surface area contributed by atoms with Crippen molar-refractivity contribution in [3.05, 3.63) is 29.8 Å². The van der Waals surface area contributed by atoms with Crippen LogP contribution in [-0.4, -0.2) is 76.9 Å². The van der Waals surface area contributed by atoms with Crippen LogP contribution >= 0.6 is 24.0 Å². The van der Waals surface area contributed by atoms with E-state index in [4.69, 9.17) is 9.47 Å². The third-order valence-electron chi connectivity index (χ3n) is 6.19. The highest BCUT2D eigenvalue weighted by Crippen LogP contribution is 2.35. The molecule has 2 aliphatic rings. The van der Waals surface area contributed by atoms with Crippen LogP contribution in [0.1, 0.15) is 30.9 Å². The summed E-state index contributed by atoms with van der Waals surface area (Å²) < 4.78 is 10.7. The van der Waals surface area contributed by atoms with Gasteiger partial charge in [-0.2, -0.15) is 0 Å². The molecule has 3 unspecified atom stereocenters. The van der Waals surface area contributed by atoms with Gasteiger partial charge in [0.05, 0.1) is 13.7 Å². The van der Waals surface area contributed by atoms with E-state index in [1.165, 1.54) is 24.8 Å². The van der Waals surface area contributed by atoms with E-state index in [0.29, 0.717) is 17.9 Å². The van der Waals surface area contributed by atoms with Crippen LogP contribution in [-0.2, 0) is 4.74 Å². The Morgan fingerprint density at radius 2 is 1.93 bits per heavy atom. The molecule has 0 aliphatic carbocycles. The summed E-state index contributed by atoms with van der Waals surface area (Å²) in [6.07, 6.45) is 3.65. The molecule has 3 atom stereocenters. The second-order valence-electron chi connectivity index (χ2n) is 8.09. The quantitative estimate of drug-likeness (QED) is 0.358. The number of methoxy groups -OCH3 is 2. The standard InChI is InChI=1S/C22H36N4O2.HI/c1-23-22(26-13-11-17(15-26)16-27-3)24-14-19-6-5-12-25(2)21(19)18-7-9-20(28-4)10-8-18;/h7-10,17,19,21H,5-6,11-16H2,1-4H3,(H,23,24);1H. The van der Waals surface area contributed by atoms with E-state index in [0.717, 1.165) is 44.5 Å². The number of ether oxygens (including phenoxy) is 2. The fraction of sp³-hybridized carbons (Fsp3) is 0.682. The first-order chi connectivity index (χ1) is 13.7. The van der Waals surface area contributed by atoms with Gasteiger partial charge in [0.15, 0.2) is 5.96 Å². The Kier molecular flexibility index (Phi) is 9.98. The SMILES string of the molecule is CN=C(NCC1CCCN(C)C1c1ccc(OC)cc1)N1CCC(COC)C1.I. The fourth-order valence-corrected chi connectivity index (χ4v) is 4.75. The normalized spacial score (nSPS) is 25.6. The molecule has 2 heterocycles. The van der Waals surface area contributed by atoms with Gasteiger partial charge in [0.1, 0.15) is 5.75 Å². The fourth-order valence-electron chi connectivity index (χ4n) is 4.75. The Bertz CT molecular complexity index is 640. The van der Waals surface area contributed by atoms with E-state index in [1.807, 2.05) is 7.05 Å². The largest absolute Gasteiger partial charge is 0.497 e. The summed E-state index contributed by atoms with van der Waals surface area (Å²) in [5.41, 5.74) is 1.37. The average molecular weight is 516 g/mol. The van der Waals surface area contributed by atoms with Crippen LogP contribution in [0.2, 0.25) is 0 Å². The van der Waals surface area contributed by atoms with Crippen LogP contribution in [0.4, 0.5) is 0 Å². The van der Waals surface area contributed by atoms with Crippen LogP contribution in [0.25, 0.3) is 0 Å². The number of piperidine rings is 1. The van der Waals surface area contributed by atoms with E-state index in [9.17, 15) is 0 Å². The molecule has 164 valence electrons. The molecular weight excluding hydrogens is 479 g/mol. The monoisotopic (exact) mass is 516 g/mol. The molecule has 0 radical (unpaired) electrons. The highest BCUT2D eigenvalue weighted by molar-refractivity contribution is 14.0. The second kappa shape index (κ2) is 12.0. The minimum atomic E-state index is 0. The number of halogens is 1.